The van der Waals surface area contributed by atoms with Gasteiger partial charge in [0.2, 0.25) is 11.8 Å². The highest BCUT2D eigenvalue weighted by molar-refractivity contribution is 6.22. The standard InChI is InChI=1S/C22H26ClN3O5/c1-12(27)24-15-8-6-14(7-9-15)21(29)25-18(13-4-2-3-5-13)22(30)26-10-16(23)20-19(26)17(28)11-31-20/h6-9,13,16,18-20H,2-5,10-11H2,1H3,(H,24,27)(H,25,29)/t16-,18-,19+,20+/m0/s1. The lowest BCUT2D eigenvalue weighted by Crippen LogP contribution is -2.54. The lowest BCUT2D eigenvalue weighted by Gasteiger charge is -2.30. The second-order valence-electron chi connectivity index (χ2n) is 8.45. The SMILES string of the molecule is CC(=O)Nc1ccc(C(=O)N[C@H](C(=O)N2C[C@H](Cl)[C@H]3OCC(=O)[C@H]32)C2CCCC2)cc1. The fourth-order valence-electron chi connectivity index (χ4n) is 4.81. The van der Waals surface area contributed by atoms with Crippen molar-refractivity contribution in [3.63, 3.8) is 0 Å². The molecule has 1 saturated carbocycles. The van der Waals surface area contributed by atoms with Gasteiger partial charge in [-0.05, 0) is 43.0 Å². The van der Waals surface area contributed by atoms with Crippen LogP contribution in [-0.2, 0) is 19.1 Å². The molecule has 0 spiro atoms. The number of ketones is 1. The zero-order valence-electron chi connectivity index (χ0n) is 17.3. The summed E-state index contributed by atoms with van der Waals surface area (Å²) in [6.07, 6.45) is 3.20. The molecule has 3 aliphatic rings. The molecule has 8 nitrogen and oxygen atoms in total. The van der Waals surface area contributed by atoms with Gasteiger partial charge in [0, 0.05) is 24.7 Å². The molecule has 2 saturated heterocycles. The average molecular weight is 448 g/mol. The van der Waals surface area contributed by atoms with Crippen LogP contribution >= 0.6 is 11.6 Å². The topological polar surface area (TPSA) is 105 Å². The zero-order chi connectivity index (χ0) is 22.1. The number of rotatable bonds is 5. The van der Waals surface area contributed by atoms with E-state index in [4.69, 9.17) is 16.3 Å². The number of amides is 3. The highest BCUT2D eigenvalue weighted by atomic mass is 35.5. The maximum atomic E-state index is 13.5. The number of ether oxygens (including phenoxy) is 1. The van der Waals surface area contributed by atoms with Crippen LogP contribution in [-0.4, -0.2) is 65.1 Å². The van der Waals surface area contributed by atoms with Gasteiger partial charge in [0.05, 0.1) is 5.38 Å². The number of anilines is 1. The number of likely N-dealkylation sites (tertiary alicyclic amines) is 1. The van der Waals surface area contributed by atoms with Crippen LogP contribution in [0.15, 0.2) is 24.3 Å². The van der Waals surface area contributed by atoms with Gasteiger partial charge in [-0.1, -0.05) is 12.8 Å². The van der Waals surface area contributed by atoms with Crippen LogP contribution in [0.1, 0.15) is 43.0 Å². The Morgan fingerprint density at radius 1 is 1.16 bits per heavy atom. The number of hydrogen-bond acceptors (Lipinski definition) is 5. The first kappa shape index (κ1) is 21.8. The van der Waals surface area contributed by atoms with E-state index in [1.165, 1.54) is 11.8 Å². The molecule has 1 aliphatic carbocycles. The third-order valence-corrected chi connectivity index (χ3v) is 6.68. The van der Waals surface area contributed by atoms with Crippen LogP contribution in [0.5, 0.6) is 0 Å². The van der Waals surface area contributed by atoms with Crippen molar-refractivity contribution in [2.24, 2.45) is 5.92 Å². The third kappa shape index (κ3) is 4.45. The number of Topliss-reactive ketones (excluding diaryl/α,β-unsaturated/α-hetero) is 1. The van der Waals surface area contributed by atoms with Crippen molar-refractivity contribution in [3.05, 3.63) is 29.8 Å². The molecule has 0 radical (unpaired) electrons. The normalized spacial score (nSPS) is 26.6. The Labute approximate surface area is 185 Å². The Kier molecular flexibility index (Phi) is 6.29. The van der Waals surface area contributed by atoms with Gasteiger partial charge in [-0.25, -0.2) is 0 Å². The Balaban J connectivity index is 1.51. The van der Waals surface area contributed by atoms with Crippen molar-refractivity contribution in [1.29, 1.82) is 0 Å². The summed E-state index contributed by atoms with van der Waals surface area (Å²) in [5.41, 5.74) is 0.975. The summed E-state index contributed by atoms with van der Waals surface area (Å²) in [4.78, 5) is 51.4. The summed E-state index contributed by atoms with van der Waals surface area (Å²) in [6, 6.07) is 5.09. The first-order chi connectivity index (χ1) is 14.8. The number of alkyl halides is 1. The molecule has 0 bridgehead atoms. The van der Waals surface area contributed by atoms with Crippen LogP contribution in [0.2, 0.25) is 0 Å². The largest absolute Gasteiger partial charge is 0.366 e. The Morgan fingerprint density at radius 3 is 2.48 bits per heavy atom. The van der Waals surface area contributed by atoms with Crippen LogP contribution in [0, 0.1) is 5.92 Å². The van der Waals surface area contributed by atoms with Gasteiger partial charge in [-0.2, -0.15) is 0 Å². The Bertz CT molecular complexity index is 884. The van der Waals surface area contributed by atoms with Crippen molar-refractivity contribution in [3.8, 4) is 0 Å². The van der Waals surface area contributed by atoms with E-state index in [0.29, 0.717) is 11.3 Å². The Hall–Kier alpha value is -2.45. The highest BCUT2D eigenvalue weighted by Gasteiger charge is 2.53. The van der Waals surface area contributed by atoms with Crippen molar-refractivity contribution < 1.29 is 23.9 Å². The third-order valence-electron chi connectivity index (χ3n) is 6.30. The summed E-state index contributed by atoms with van der Waals surface area (Å²) in [5.74, 6) is -0.970. The van der Waals surface area contributed by atoms with Gasteiger partial charge in [0.15, 0.2) is 5.78 Å². The summed E-state index contributed by atoms with van der Waals surface area (Å²) < 4.78 is 5.48. The minimum Gasteiger partial charge on any atom is -0.366 e. The molecule has 3 fully saturated rings. The van der Waals surface area contributed by atoms with Gasteiger partial charge < -0.3 is 20.3 Å². The zero-order valence-corrected chi connectivity index (χ0v) is 18.1. The molecule has 2 heterocycles. The fourth-order valence-corrected chi connectivity index (χ4v) is 5.17. The molecule has 1 aromatic rings. The van der Waals surface area contributed by atoms with E-state index in [2.05, 4.69) is 10.6 Å². The number of fused-ring (bicyclic) bond motifs is 1. The second kappa shape index (κ2) is 8.96. The molecule has 4 atom stereocenters. The number of benzene rings is 1. The summed E-state index contributed by atoms with van der Waals surface area (Å²) in [5, 5.41) is 5.12. The average Bonchev–Trinajstić information content (AvgIpc) is 3.46. The van der Waals surface area contributed by atoms with E-state index in [9.17, 15) is 19.2 Å². The molecular formula is C22H26ClN3O5. The summed E-state index contributed by atoms with van der Waals surface area (Å²) in [7, 11) is 0. The summed E-state index contributed by atoms with van der Waals surface area (Å²) in [6.45, 7) is 1.60. The number of nitrogens with one attached hydrogen (secondary N) is 2. The maximum Gasteiger partial charge on any atom is 0.251 e. The van der Waals surface area contributed by atoms with Crippen LogP contribution in [0.3, 0.4) is 0 Å². The van der Waals surface area contributed by atoms with E-state index in [1.54, 1.807) is 24.3 Å². The molecular weight excluding hydrogens is 422 g/mol. The van der Waals surface area contributed by atoms with Gasteiger partial charge in [0.1, 0.15) is 24.8 Å². The summed E-state index contributed by atoms with van der Waals surface area (Å²) >= 11 is 6.35. The van der Waals surface area contributed by atoms with Crippen LogP contribution in [0.25, 0.3) is 0 Å². The number of nitrogens with zero attached hydrogens (tertiary/aromatic N) is 1. The minimum absolute atomic E-state index is 0.0142. The van der Waals surface area contributed by atoms with Gasteiger partial charge in [0.25, 0.3) is 5.91 Å². The lowest BCUT2D eigenvalue weighted by atomic mass is 9.95. The number of carbonyl (C=O) groups is 4. The predicted molar refractivity (Wildman–Crippen MR) is 114 cm³/mol. The highest BCUT2D eigenvalue weighted by Crippen LogP contribution is 2.34. The van der Waals surface area contributed by atoms with Gasteiger partial charge >= 0.3 is 0 Å². The van der Waals surface area contributed by atoms with Crippen LogP contribution in [0.4, 0.5) is 5.69 Å². The van der Waals surface area contributed by atoms with E-state index in [-0.39, 0.29) is 42.6 Å². The van der Waals surface area contributed by atoms with E-state index < -0.39 is 23.6 Å². The predicted octanol–water partition coefficient (Wildman–Crippen LogP) is 1.72. The van der Waals surface area contributed by atoms with Crippen LogP contribution < -0.4 is 10.6 Å². The van der Waals surface area contributed by atoms with Crippen molar-refractivity contribution in [1.82, 2.24) is 10.2 Å². The monoisotopic (exact) mass is 447 g/mol. The number of halogens is 1. The van der Waals surface area contributed by atoms with Crippen molar-refractivity contribution in [2.75, 3.05) is 18.5 Å². The molecule has 1 aromatic carbocycles. The van der Waals surface area contributed by atoms with Gasteiger partial charge in [-0.3, -0.25) is 19.2 Å². The molecule has 166 valence electrons. The second-order valence-corrected chi connectivity index (χ2v) is 9.01. The maximum absolute atomic E-state index is 13.5. The number of hydrogen-bond donors (Lipinski definition) is 2. The van der Waals surface area contributed by atoms with Crippen molar-refractivity contribution in [2.45, 2.75) is 56.2 Å². The molecule has 9 heteroatoms. The fraction of sp³-hybridized carbons (Fsp3) is 0.545. The lowest BCUT2D eigenvalue weighted by molar-refractivity contribution is -0.139. The van der Waals surface area contributed by atoms with E-state index >= 15 is 0 Å². The van der Waals surface area contributed by atoms with E-state index in [1.807, 2.05) is 0 Å². The van der Waals surface area contributed by atoms with E-state index in [0.717, 1.165) is 25.7 Å². The molecule has 0 unspecified atom stereocenters. The molecule has 3 amide bonds. The molecule has 4 rings (SSSR count). The molecule has 2 aliphatic heterocycles. The molecule has 2 N–H and O–H groups in total. The minimum atomic E-state index is -0.721. The van der Waals surface area contributed by atoms with Crippen molar-refractivity contribution >= 4 is 40.8 Å². The number of carbonyl (C=O) groups excluding carboxylic acids is 4. The first-order valence-electron chi connectivity index (χ1n) is 10.6. The molecule has 0 aromatic heterocycles. The smallest absolute Gasteiger partial charge is 0.251 e. The first-order valence-corrected chi connectivity index (χ1v) is 11.1. The quantitative estimate of drug-likeness (QED) is 0.669. The Morgan fingerprint density at radius 2 is 1.84 bits per heavy atom. The van der Waals surface area contributed by atoms with Gasteiger partial charge in [-0.15, -0.1) is 11.6 Å². The molecule has 31 heavy (non-hydrogen) atoms.